The highest BCUT2D eigenvalue weighted by atomic mass is 35.5. The molecular weight excluding hydrogens is 256 g/mol. The van der Waals surface area contributed by atoms with Crippen molar-refractivity contribution in [1.29, 1.82) is 0 Å². The maximum Gasteiger partial charge on any atom is 0.262 e. The molecule has 1 N–H and O–H groups in total. The number of rotatable bonds is 1. The lowest BCUT2D eigenvalue weighted by Gasteiger charge is -2.18. The molecule has 1 aromatic carbocycles. The van der Waals surface area contributed by atoms with Crippen LogP contribution in [0.25, 0.3) is 11.4 Å². The van der Waals surface area contributed by atoms with E-state index in [-0.39, 0.29) is 17.7 Å². The Morgan fingerprint density at radius 1 is 1.39 bits per heavy atom. The quantitative estimate of drug-likeness (QED) is 0.843. The maximum atomic E-state index is 11.2. The summed E-state index contributed by atoms with van der Waals surface area (Å²) in [5, 5.41) is 10.6. The third-order valence-electron chi connectivity index (χ3n) is 2.40. The predicted octanol–water partition coefficient (Wildman–Crippen LogP) is 1.52. The molecule has 6 nitrogen and oxygen atoms in total. The lowest BCUT2D eigenvalue weighted by Crippen LogP contribution is -2.25. The molecule has 0 saturated heterocycles. The van der Waals surface area contributed by atoms with Gasteiger partial charge in [-0.05, 0) is 18.2 Å². The van der Waals surface area contributed by atoms with Crippen LogP contribution in [0.4, 0.5) is 5.69 Å². The average Bonchev–Trinajstić information content (AvgIpc) is 2.38. The van der Waals surface area contributed by atoms with Crippen LogP contribution < -0.4 is 10.1 Å². The van der Waals surface area contributed by atoms with E-state index in [4.69, 9.17) is 16.3 Å². The molecule has 3 rings (SSSR count). The predicted molar refractivity (Wildman–Crippen MR) is 64.4 cm³/mol. The van der Waals surface area contributed by atoms with Gasteiger partial charge in [-0.15, -0.1) is 5.10 Å². The third kappa shape index (κ3) is 1.98. The van der Waals surface area contributed by atoms with Gasteiger partial charge in [0.15, 0.2) is 17.6 Å². The Morgan fingerprint density at radius 3 is 3.11 bits per heavy atom. The number of benzene rings is 1. The summed E-state index contributed by atoms with van der Waals surface area (Å²) < 4.78 is 5.26. The van der Waals surface area contributed by atoms with E-state index in [0.717, 1.165) is 0 Å². The van der Waals surface area contributed by atoms with Gasteiger partial charge in [0.2, 0.25) is 0 Å². The van der Waals surface area contributed by atoms with E-state index in [1.807, 2.05) is 0 Å². The van der Waals surface area contributed by atoms with Gasteiger partial charge in [0.05, 0.1) is 11.9 Å². The van der Waals surface area contributed by atoms with Crippen molar-refractivity contribution in [3.63, 3.8) is 0 Å². The first-order valence-electron chi connectivity index (χ1n) is 5.15. The number of nitrogens with one attached hydrogen (secondary N) is 1. The first-order chi connectivity index (χ1) is 8.72. The van der Waals surface area contributed by atoms with Crippen LogP contribution in [0.1, 0.15) is 0 Å². The number of carbonyl (C=O) groups is 1. The van der Waals surface area contributed by atoms with Crippen molar-refractivity contribution < 1.29 is 9.53 Å². The minimum atomic E-state index is -0.190. The minimum Gasteiger partial charge on any atom is -0.482 e. The third-order valence-corrected chi connectivity index (χ3v) is 2.58. The fourth-order valence-corrected chi connectivity index (χ4v) is 1.75. The van der Waals surface area contributed by atoms with Crippen molar-refractivity contribution in [2.75, 3.05) is 11.9 Å². The second-order valence-corrected chi connectivity index (χ2v) is 4.04. The monoisotopic (exact) mass is 262 g/mol. The molecule has 0 bridgehead atoms. The smallest absolute Gasteiger partial charge is 0.262 e. The second kappa shape index (κ2) is 4.23. The molecular formula is C11H7ClN4O2. The summed E-state index contributed by atoms with van der Waals surface area (Å²) >= 11 is 5.75. The van der Waals surface area contributed by atoms with Crippen LogP contribution in [0.2, 0.25) is 5.15 Å². The highest BCUT2D eigenvalue weighted by molar-refractivity contribution is 6.29. The highest BCUT2D eigenvalue weighted by Gasteiger charge is 2.17. The number of fused-ring (bicyclic) bond motifs is 1. The van der Waals surface area contributed by atoms with Crippen molar-refractivity contribution in [2.45, 2.75) is 0 Å². The van der Waals surface area contributed by atoms with E-state index >= 15 is 0 Å². The van der Waals surface area contributed by atoms with Crippen molar-refractivity contribution in [3.8, 4) is 17.1 Å². The Balaban J connectivity index is 2.04. The van der Waals surface area contributed by atoms with Gasteiger partial charge >= 0.3 is 0 Å². The average molecular weight is 263 g/mol. The topological polar surface area (TPSA) is 77.0 Å². The summed E-state index contributed by atoms with van der Waals surface area (Å²) in [4.78, 5) is 15.3. The van der Waals surface area contributed by atoms with Crippen LogP contribution in [-0.4, -0.2) is 27.7 Å². The van der Waals surface area contributed by atoms with Crippen molar-refractivity contribution in [3.05, 3.63) is 29.5 Å². The summed E-state index contributed by atoms with van der Waals surface area (Å²) in [6.45, 7) is 0.0293. The van der Waals surface area contributed by atoms with Crippen LogP contribution in [0.15, 0.2) is 24.4 Å². The standard InChI is InChI=1S/C11H7ClN4O2/c12-9-4-13-16-11(15-9)6-1-2-8-7(3-6)14-10(17)5-18-8/h1-4H,5H2,(H,14,17). The summed E-state index contributed by atoms with van der Waals surface area (Å²) in [7, 11) is 0. The number of hydrogen-bond donors (Lipinski definition) is 1. The van der Waals surface area contributed by atoms with Gasteiger partial charge in [-0.25, -0.2) is 4.98 Å². The lowest BCUT2D eigenvalue weighted by molar-refractivity contribution is -0.118. The van der Waals surface area contributed by atoms with Gasteiger partial charge in [0.25, 0.3) is 5.91 Å². The van der Waals surface area contributed by atoms with Gasteiger partial charge in [-0.1, -0.05) is 11.6 Å². The molecule has 0 fully saturated rings. The van der Waals surface area contributed by atoms with Gasteiger partial charge in [0, 0.05) is 5.56 Å². The van der Waals surface area contributed by atoms with E-state index in [0.29, 0.717) is 22.8 Å². The van der Waals surface area contributed by atoms with Crippen molar-refractivity contribution in [1.82, 2.24) is 15.2 Å². The van der Waals surface area contributed by atoms with Crippen LogP contribution >= 0.6 is 11.6 Å². The molecule has 0 spiro atoms. The molecule has 1 aromatic heterocycles. The number of halogens is 1. The number of carbonyl (C=O) groups excluding carboxylic acids is 1. The zero-order valence-electron chi connectivity index (χ0n) is 9.05. The molecule has 7 heteroatoms. The minimum absolute atomic E-state index is 0.0293. The van der Waals surface area contributed by atoms with Crippen LogP contribution in [0.3, 0.4) is 0 Å². The Labute approximate surface area is 107 Å². The van der Waals surface area contributed by atoms with E-state index in [2.05, 4.69) is 20.5 Å². The first kappa shape index (κ1) is 10.9. The van der Waals surface area contributed by atoms with Crippen LogP contribution in [0, 0.1) is 0 Å². The molecule has 0 radical (unpaired) electrons. The Hall–Kier alpha value is -2.21. The largest absolute Gasteiger partial charge is 0.482 e. The zero-order valence-corrected chi connectivity index (χ0v) is 9.81. The number of aromatic nitrogens is 3. The number of anilines is 1. The molecule has 1 aliphatic heterocycles. The molecule has 2 aromatic rings. The van der Waals surface area contributed by atoms with Crippen molar-refractivity contribution in [2.24, 2.45) is 0 Å². The van der Waals surface area contributed by atoms with E-state index in [1.54, 1.807) is 18.2 Å². The summed E-state index contributed by atoms with van der Waals surface area (Å²) in [5.41, 5.74) is 1.29. The van der Waals surface area contributed by atoms with Crippen LogP contribution in [0.5, 0.6) is 5.75 Å². The summed E-state index contributed by atoms with van der Waals surface area (Å²) in [6.07, 6.45) is 1.36. The zero-order chi connectivity index (χ0) is 12.5. The van der Waals surface area contributed by atoms with Gasteiger partial charge in [0.1, 0.15) is 5.75 Å². The van der Waals surface area contributed by atoms with Gasteiger partial charge in [-0.2, -0.15) is 5.10 Å². The van der Waals surface area contributed by atoms with Crippen LogP contribution in [-0.2, 0) is 4.79 Å². The molecule has 0 atom stereocenters. The maximum absolute atomic E-state index is 11.2. The van der Waals surface area contributed by atoms with Crippen molar-refractivity contribution >= 4 is 23.2 Å². The molecule has 1 aliphatic rings. The SMILES string of the molecule is O=C1COc2ccc(-c3nncc(Cl)n3)cc2N1. The lowest BCUT2D eigenvalue weighted by atomic mass is 10.1. The highest BCUT2D eigenvalue weighted by Crippen LogP contribution is 2.31. The Morgan fingerprint density at radius 2 is 2.28 bits per heavy atom. The second-order valence-electron chi connectivity index (χ2n) is 3.65. The van der Waals surface area contributed by atoms with E-state index < -0.39 is 0 Å². The Bertz CT molecular complexity index is 632. The molecule has 18 heavy (non-hydrogen) atoms. The summed E-state index contributed by atoms with van der Waals surface area (Å²) in [5.74, 6) is 0.822. The number of hydrogen-bond acceptors (Lipinski definition) is 5. The number of amides is 1. The Kier molecular flexibility index (Phi) is 2.56. The molecule has 1 amide bonds. The van der Waals surface area contributed by atoms with E-state index in [1.165, 1.54) is 6.20 Å². The molecule has 0 aliphatic carbocycles. The first-order valence-corrected chi connectivity index (χ1v) is 5.52. The normalized spacial score (nSPS) is 13.5. The fraction of sp³-hybridized carbons (Fsp3) is 0.0909. The molecule has 0 unspecified atom stereocenters. The number of ether oxygens (including phenoxy) is 1. The molecule has 90 valence electrons. The fourth-order valence-electron chi connectivity index (χ4n) is 1.63. The van der Waals surface area contributed by atoms with Gasteiger partial charge in [-0.3, -0.25) is 4.79 Å². The number of nitrogens with zero attached hydrogens (tertiary/aromatic N) is 3. The molecule has 0 saturated carbocycles. The summed E-state index contributed by atoms with van der Waals surface area (Å²) in [6, 6.07) is 5.25. The molecule has 2 heterocycles. The van der Waals surface area contributed by atoms with Gasteiger partial charge < -0.3 is 10.1 Å². The van der Waals surface area contributed by atoms with E-state index in [9.17, 15) is 4.79 Å².